The first-order valence-electron chi connectivity index (χ1n) is 6.66. The van der Waals surface area contributed by atoms with Gasteiger partial charge in [-0.3, -0.25) is 5.10 Å². The molecule has 0 fully saturated rings. The molecule has 0 atom stereocenters. The second-order valence-electron chi connectivity index (χ2n) is 4.91. The van der Waals surface area contributed by atoms with Crippen molar-refractivity contribution < 1.29 is 0 Å². The summed E-state index contributed by atoms with van der Waals surface area (Å²) in [5.41, 5.74) is 3.19. The number of rotatable bonds is 3. The Balaban J connectivity index is 1.73. The van der Waals surface area contributed by atoms with Crippen LogP contribution in [-0.4, -0.2) is 24.7 Å². The molecule has 4 heterocycles. The van der Waals surface area contributed by atoms with Gasteiger partial charge in [0.15, 0.2) is 0 Å². The minimum Gasteiger partial charge on any atom is -0.347 e. The number of aromatic nitrogens is 5. The smallest absolute Gasteiger partial charge is 0.148 e. The average molecular weight is 295 g/mol. The number of H-pyrrole nitrogens is 1. The van der Waals surface area contributed by atoms with Crippen LogP contribution in [-0.2, 0) is 6.54 Å². The van der Waals surface area contributed by atoms with Gasteiger partial charge in [0, 0.05) is 34.7 Å². The minimum atomic E-state index is 0.693. The van der Waals surface area contributed by atoms with Gasteiger partial charge in [-0.05, 0) is 25.1 Å². The van der Waals surface area contributed by atoms with E-state index in [0.29, 0.717) is 6.54 Å². The monoisotopic (exact) mass is 295 g/mol. The van der Waals surface area contributed by atoms with Crippen LogP contribution in [0.25, 0.3) is 20.7 Å². The van der Waals surface area contributed by atoms with E-state index in [1.54, 1.807) is 11.3 Å². The van der Waals surface area contributed by atoms with Crippen LogP contribution >= 0.6 is 11.3 Å². The van der Waals surface area contributed by atoms with Crippen LogP contribution in [0, 0.1) is 6.92 Å². The van der Waals surface area contributed by atoms with Gasteiger partial charge in [-0.2, -0.15) is 5.10 Å². The Morgan fingerprint density at radius 1 is 1.24 bits per heavy atom. The quantitative estimate of drug-likeness (QED) is 0.631. The first-order valence-corrected chi connectivity index (χ1v) is 7.48. The van der Waals surface area contributed by atoms with Crippen molar-refractivity contribution in [2.45, 2.75) is 13.5 Å². The van der Waals surface area contributed by atoms with Gasteiger partial charge in [0.25, 0.3) is 0 Å². The van der Waals surface area contributed by atoms with E-state index in [0.717, 1.165) is 27.3 Å². The molecule has 0 aliphatic heterocycles. The van der Waals surface area contributed by atoms with Crippen molar-refractivity contribution >= 4 is 21.6 Å². The molecule has 4 aromatic rings. The zero-order chi connectivity index (χ0) is 14.2. The van der Waals surface area contributed by atoms with Crippen LogP contribution in [0.2, 0.25) is 0 Å². The molecular weight excluding hydrogens is 282 g/mol. The third kappa shape index (κ3) is 2.23. The molecule has 5 nitrogen and oxygen atoms in total. The van der Waals surface area contributed by atoms with E-state index >= 15 is 0 Å². The standard InChI is InChI=1S/C15H13N5S/c1-10-11(7-17-19-10)13-6-12-14(21-13)8-16-15(18-12)9-20-4-2-3-5-20/h2-8H,9H2,1H3,(H,17,19). The average Bonchev–Trinajstić information content (AvgIpc) is 3.18. The number of thiophene rings is 1. The summed E-state index contributed by atoms with van der Waals surface area (Å²) in [4.78, 5) is 10.3. The van der Waals surface area contributed by atoms with Crippen LogP contribution in [0.4, 0.5) is 0 Å². The summed E-state index contributed by atoms with van der Waals surface area (Å²) in [7, 11) is 0. The molecule has 6 heteroatoms. The lowest BCUT2D eigenvalue weighted by Gasteiger charge is -2.00. The summed E-state index contributed by atoms with van der Waals surface area (Å²) in [6.45, 7) is 2.72. The van der Waals surface area contributed by atoms with Crippen molar-refractivity contribution in [1.82, 2.24) is 24.7 Å². The number of hydrogen-bond acceptors (Lipinski definition) is 4. The molecule has 0 radical (unpaired) electrons. The third-order valence-electron chi connectivity index (χ3n) is 3.41. The lowest BCUT2D eigenvalue weighted by atomic mass is 10.2. The predicted octanol–water partition coefficient (Wildman–Crippen LogP) is 3.24. The second-order valence-corrected chi connectivity index (χ2v) is 5.99. The molecule has 0 saturated heterocycles. The van der Waals surface area contributed by atoms with E-state index in [1.165, 1.54) is 4.88 Å². The normalized spacial score (nSPS) is 11.3. The van der Waals surface area contributed by atoms with Crippen molar-refractivity contribution in [3.63, 3.8) is 0 Å². The Morgan fingerprint density at radius 3 is 2.86 bits per heavy atom. The zero-order valence-electron chi connectivity index (χ0n) is 11.4. The van der Waals surface area contributed by atoms with Crippen LogP contribution in [0.15, 0.2) is 43.0 Å². The molecular formula is C15H13N5S. The number of aryl methyl sites for hydroxylation is 1. The maximum Gasteiger partial charge on any atom is 0.148 e. The first-order chi connectivity index (χ1) is 10.3. The Kier molecular flexibility index (Phi) is 2.82. The third-order valence-corrected chi connectivity index (χ3v) is 4.50. The molecule has 1 N–H and O–H groups in total. The van der Waals surface area contributed by atoms with Gasteiger partial charge < -0.3 is 4.57 Å². The van der Waals surface area contributed by atoms with E-state index in [-0.39, 0.29) is 0 Å². The predicted molar refractivity (Wildman–Crippen MR) is 83.3 cm³/mol. The lowest BCUT2D eigenvalue weighted by molar-refractivity contribution is 0.755. The number of fused-ring (bicyclic) bond motifs is 1. The van der Waals surface area contributed by atoms with Crippen molar-refractivity contribution in [3.05, 3.63) is 54.5 Å². The van der Waals surface area contributed by atoms with Crippen LogP contribution < -0.4 is 0 Å². The largest absolute Gasteiger partial charge is 0.347 e. The summed E-state index contributed by atoms with van der Waals surface area (Å²) >= 11 is 1.69. The maximum absolute atomic E-state index is 4.66. The first kappa shape index (κ1) is 12.3. The molecule has 21 heavy (non-hydrogen) atoms. The van der Waals surface area contributed by atoms with E-state index in [1.807, 2.05) is 43.8 Å². The van der Waals surface area contributed by atoms with E-state index in [4.69, 9.17) is 0 Å². The van der Waals surface area contributed by atoms with Crippen LogP contribution in [0.1, 0.15) is 11.5 Å². The highest BCUT2D eigenvalue weighted by molar-refractivity contribution is 7.22. The molecule has 4 rings (SSSR count). The Labute approximate surface area is 125 Å². The van der Waals surface area contributed by atoms with Gasteiger partial charge in [-0.1, -0.05) is 0 Å². The van der Waals surface area contributed by atoms with E-state index < -0.39 is 0 Å². The van der Waals surface area contributed by atoms with Gasteiger partial charge in [-0.15, -0.1) is 11.3 Å². The zero-order valence-corrected chi connectivity index (χ0v) is 12.3. The second kappa shape index (κ2) is 4.82. The van der Waals surface area contributed by atoms with Crippen molar-refractivity contribution in [2.75, 3.05) is 0 Å². The Hall–Kier alpha value is -2.47. The molecule has 0 aliphatic carbocycles. The summed E-state index contributed by atoms with van der Waals surface area (Å²) in [5, 5.41) is 7.05. The summed E-state index contributed by atoms with van der Waals surface area (Å²) in [6.07, 6.45) is 7.79. The summed E-state index contributed by atoms with van der Waals surface area (Å²) < 4.78 is 3.16. The van der Waals surface area contributed by atoms with Gasteiger partial charge in [0.2, 0.25) is 0 Å². The van der Waals surface area contributed by atoms with Crippen molar-refractivity contribution in [1.29, 1.82) is 0 Å². The Bertz CT molecular complexity index is 888. The maximum atomic E-state index is 4.66. The van der Waals surface area contributed by atoms with E-state index in [9.17, 15) is 0 Å². The molecule has 0 unspecified atom stereocenters. The molecule has 0 aromatic carbocycles. The SMILES string of the molecule is Cc1[nH]ncc1-c1cc2nc(Cn3cccc3)ncc2s1. The summed E-state index contributed by atoms with van der Waals surface area (Å²) in [5.74, 6) is 0.826. The van der Waals surface area contributed by atoms with Crippen LogP contribution in [0.3, 0.4) is 0 Å². The minimum absolute atomic E-state index is 0.693. The highest BCUT2D eigenvalue weighted by Gasteiger charge is 2.10. The lowest BCUT2D eigenvalue weighted by Crippen LogP contribution is -2.01. The van der Waals surface area contributed by atoms with Crippen molar-refractivity contribution in [3.8, 4) is 10.4 Å². The fourth-order valence-corrected chi connectivity index (χ4v) is 3.36. The molecule has 0 aliphatic rings. The fourth-order valence-electron chi connectivity index (χ4n) is 2.32. The molecule has 0 saturated carbocycles. The Morgan fingerprint density at radius 2 is 2.10 bits per heavy atom. The number of nitrogens with zero attached hydrogens (tertiary/aromatic N) is 4. The van der Waals surface area contributed by atoms with Crippen LogP contribution in [0.5, 0.6) is 0 Å². The van der Waals surface area contributed by atoms with Gasteiger partial charge in [0.05, 0.1) is 23.0 Å². The fraction of sp³-hybridized carbons (Fsp3) is 0.133. The molecule has 4 aromatic heterocycles. The van der Waals surface area contributed by atoms with Gasteiger partial charge in [0.1, 0.15) is 5.82 Å². The van der Waals surface area contributed by atoms with E-state index in [2.05, 4.69) is 30.8 Å². The number of hydrogen-bond donors (Lipinski definition) is 1. The van der Waals surface area contributed by atoms with Gasteiger partial charge in [-0.25, -0.2) is 9.97 Å². The number of aromatic amines is 1. The summed E-state index contributed by atoms with van der Waals surface area (Å²) in [6, 6.07) is 6.12. The highest BCUT2D eigenvalue weighted by Crippen LogP contribution is 2.33. The molecule has 0 bridgehead atoms. The van der Waals surface area contributed by atoms with Crippen molar-refractivity contribution in [2.24, 2.45) is 0 Å². The molecule has 104 valence electrons. The molecule has 0 amide bonds. The number of nitrogens with one attached hydrogen (secondary N) is 1. The topological polar surface area (TPSA) is 59.4 Å². The highest BCUT2D eigenvalue weighted by atomic mass is 32.1. The molecule has 0 spiro atoms. The van der Waals surface area contributed by atoms with Gasteiger partial charge >= 0.3 is 0 Å².